The first-order chi connectivity index (χ1) is 6.42. The lowest BCUT2D eigenvalue weighted by molar-refractivity contribution is -0.0947. The molecule has 1 N–H and O–H groups in total. The van der Waals surface area contributed by atoms with Gasteiger partial charge in [-0.2, -0.15) is 4.31 Å². The maximum Gasteiger partial charge on any atom is 0.275 e. The number of alkyl halides is 2. The van der Waals surface area contributed by atoms with E-state index in [-0.39, 0.29) is 12.4 Å². The highest BCUT2D eigenvalue weighted by atomic mass is 35.5. The summed E-state index contributed by atoms with van der Waals surface area (Å²) in [5.74, 6) is -2.82. The van der Waals surface area contributed by atoms with Crippen molar-refractivity contribution in [2.24, 2.45) is 0 Å². The molecule has 2 aliphatic heterocycles. The van der Waals surface area contributed by atoms with E-state index in [0.717, 1.165) is 4.31 Å². The number of hydrogen-bond acceptors (Lipinski definition) is 3. The van der Waals surface area contributed by atoms with E-state index in [1.165, 1.54) is 0 Å². The van der Waals surface area contributed by atoms with Gasteiger partial charge >= 0.3 is 0 Å². The van der Waals surface area contributed by atoms with Gasteiger partial charge in [-0.3, -0.25) is 0 Å². The Morgan fingerprint density at radius 2 is 1.93 bits per heavy atom. The fraction of sp³-hybridized carbons (Fsp3) is 1.00. The van der Waals surface area contributed by atoms with Gasteiger partial charge in [0.15, 0.2) is 0 Å². The van der Waals surface area contributed by atoms with E-state index < -0.39 is 34.3 Å². The van der Waals surface area contributed by atoms with E-state index in [9.17, 15) is 17.2 Å². The van der Waals surface area contributed by atoms with Crippen molar-refractivity contribution in [3.63, 3.8) is 0 Å². The fourth-order valence-corrected chi connectivity index (χ4v) is 3.65. The standard InChI is InChI=1S/C7H12F2N2O2S.ClH/c8-7(9)4-11(5-7)14(12,13)6-1-2-10-3-6;/h6,10H,1-5H2;1H. The molecule has 0 amide bonds. The number of hydrogen-bond donors (Lipinski definition) is 1. The molecule has 0 aromatic heterocycles. The largest absolute Gasteiger partial charge is 0.315 e. The van der Waals surface area contributed by atoms with Gasteiger partial charge in [0.2, 0.25) is 10.0 Å². The predicted molar refractivity (Wildman–Crippen MR) is 54.0 cm³/mol. The van der Waals surface area contributed by atoms with Crippen molar-refractivity contribution in [1.29, 1.82) is 0 Å². The molecule has 0 radical (unpaired) electrons. The van der Waals surface area contributed by atoms with Gasteiger partial charge in [0.1, 0.15) is 0 Å². The third kappa shape index (κ3) is 2.41. The van der Waals surface area contributed by atoms with Gasteiger partial charge < -0.3 is 5.32 Å². The second-order valence-corrected chi connectivity index (χ2v) is 6.00. The molecule has 1 atom stereocenters. The summed E-state index contributed by atoms with van der Waals surface area (Å²) < 4.78 is 49.2. The Hall–Kier alpha value is 0.0200. The van der Waals surface area contributed by atoms with E-state index in [4.69, 9.17) is 0 Å². The summed E-state index contributed by atoms with van der Waals surface area (Å²) >= 11 is 0. The van der Waals surface area contributed by atoms with Crippen LogP contribution in [0.1, 0.15) is 6.42 Å². The highest BCUT2D eigenvalue weighted by Gasteiger charge is 2.51. The Bertz CT molecular complexity index is 322. The van der Waals surface area contributed by atoms with Crippen LogP contribution in [-0.2, 0) is 10.0 Å². The molecule has 8 heteroatoms. The average Bonchev–Trinajstić information content (AvgIpc) is 2.51. The molecule has 0 aliphatic carbocycles. The van der Waals surface area contributed by atoms with Crippen molar-refractivity contribution in [2.75, 3.05) is 26.2 Å². The summed E-state index contributed by atoms with van der Waals surface area (Å²) in [5, 5.41) is 2.39. The SMILES string of the molecule is Cl.O=S(=O)(C1CCNC1)N1CC(F)(F)C1. The predicted octanol–water partition coefficient (Wildman–Crippen LogP) is 0.0508. The highest BCUT2D eigenvalue weighted by molar-refractivity contribution is 7.89. The molecule has 2 rings (SSSR count). The average molecular weight is 263 g/mol. The molecule has 15 heavy (non-hydrogen) atoms. The fourth-order valence-electron chi connectivity index (χ4n) is 1.74. The lowest BCUT2D eigenvalue weighted by Gasteiger charge is -2.38. The molecule has 2 heterocycles. The zero-order valence-electron chi connectivity index (χ0n) is 7.95. The number of rotatable bonds is 2. The number of nitrogens with one attached hydrogen (secondary N) is 1. The van der Waals surface area contributed by atoms with Crippen LogP contribution in [0.15, 0.2) is 0 Å². The monoisotopic (exact) mass is 262 g/mol. The van der Waals surface area contributed by atoms with Crippen LogP contribution in [-0.4, -0.2) is 50.1 Å². The number of halogens is 3. The quantitative estimate of drug-likeness (QED) is 0.765. The van der Waals surface area contributed by atoms with Crippen molar-refractivity contribution in [2.45, 2.75) is 17.6 Å². The van der Waals surface area contributed by atoms with Gasteiger partial charge in [-0.1, -0.05) is 0 Å². The van der Waals surface area contributed by atoms with Gasteiger partial charge in [0, 0.05) is 6.54 Å². The summed E-state index contributed by atoms with van der Waals surface area (Å²) in [5.41, 5.74) is 0. The Labute approximate surface area is 93.5 Å². The molecule has 0 aromatic carbocycles. The van der Waals surface area contributed by atoms with Crippen LogP contribution < -0.4 is 5.32 Å². The van der Waals surface area contributed by atoms with E-state index in [1.54, 1.807) is 0 Å². The van der Waals surface area contributed by atoms with E-state index in [1.807, 2.05) is 0 Å². The first-order valence-electron chi connectivity index (χ1n) is 4.49. The number of nitrogens with zero attached hydrogens (tertiary/aromatic N) is 1. The highest BCUT2D eigenvalue weighted by Crippen LogP contribution is 2.31. The third-order valence-corrected chi connectivity index (χ3v) is 4.83. The first kappa shape index (κ1) is 13.1. The lowest BCUT2D eigenvalue weighted by Crippen LogP contribution is -2.60. The second-order valence-electron chi connectivity index (χ2n) is 3.78. The molecule has 0 bridgehead atoms. The summed E-state index contributed by atoms with van der Waals surface area (Å²) in [6.07, 6.45) is 0.518. The maximum absolute atomic E-state index is 12.5. The molecule has 2 saturated heterocycles. The minimum Gasteiger partial charge on any atom is -0.315 e. The lowest BCUT2D eigenvalue weighted by atomic mass is 10.2. The van der Waals surface area contributed by atoms with Gasteiger partial charge in [-0.05, 0) is 13.0 Å². The topological polar surface area (TPSA) is 49.4 Å². The Morgan fingerprint density at radius 1 is 1.33 bits per heavy atom. The molecule has 90 valence electrons. The van der Waals surface area contributed by atoms with Crippen molar-refractivity contribution >= 4 is 22.4 Å². The summed E-state index contributed by atoms with van der Waals surface area (Å²) in [6, 6.07) is 0. The summed E-state index contributed by atoms with van der Waals surface area (Å²) in [7, 11) is -3.48. The van der Waals surface area contributed by atoms with Crippen LogP contribution in [0.5, 0.6) is 0 Å². The zero-order chi connectivity index (χ0) is 10.4. The molecule has 4 nitrogen and oxygen atoms in total. The Kier molecular flexibility index (Phi) is 3.59. The molecule has 0 saturated carbocycles. The molecule has 2 fully saturated rings. The van der Waals surface area contributed by atoms with Gasteiger partial charge in [-0.25, -0.2) is 17.2 Å². The van der Waals surface area contributed by atoms with Crippen LogP contribution in [0, 0.1) is 0 Å². The van der Waals surface area contributed by atoms with Crippen molar-refractivity contribution < 1.29 is 17.2 Å². The van der Waals surface area contributed by atoms with Crippen LogP contribution in [0.25, 0.3) is 0 Å². The second kappa shape index (κ2) is 4.12. The van der Waals surface area contributed by atoms with E-state index >= 15 is 0 Å². The molecular weight excluding hydrogens is 250 g/mol. The van der Waals surface area contributed by atoms with Crippen molar-refractivity contribution in [3.05, 3.63) is 0 Å². The molecular formula is C7H13ClF2N2O2S. The Morgan fingerprint density at radius 3 is 2.33 bits per heavy atom. The molecule has 0 aromatic rings. The first-order valence-corrected chi connectivity index (χ1v) is 6.00. The van der Waals surface area contributed by atoms with Crippen LogP contribution in [0.2, 0.25) is 0 Å². The minimum atomic E-state index is -3.48. The smallest absolute Gasteiger partial charge is 0.275 e. The van der Waals surface area contributed by atoms with Gasteiger partial charge in [0.05, 0.1) is 18.3 Å². The molecule has 0 spiro atoms. The number of sulfonamides is 1. The van der Waals surface area contributed by atoms with E-state index in [0.29, 0.717) is 19.5 Å². The summed E-state index contributed by atoms with van der Waals surface area (Å²) in [4.78, 5) is 0. The van der Waals surface area contributed by atoms with Crippen LogP contribution in [0.4, 0.5) is 8.78 Å². The van der Waals surface area contributed by atoms with Gasteiger partial charge in [0.25, 0.3) is 5.92 Å². The van der Waals surface area contributed by atoms with Crippen molar-refractivity contribution in [1.82, 2.24) is 9.62 Å². The van der Waals surface area contributed by atoms with E-state index in [2.05, 4.69) is 5.32 Å². The van der Waals surface area contributed by atoms with Crippen LogP contribution in [0.3, 0.4) is 0 Å². The van der Waals surface area contributed by atoms with Crippen LogP contribution >= 0.6 is 12.4 Å². The molecule has 2 aliphatic rings. The normalized spacial score (nSPS) is 30.7. The minimum absolute atomic E-state index is 0. The maximum atomic E-state index is 12.5. The zero-order valence-corrected chi connectivity index (χ0v) is 9.58. The third-order valence-electron chi connectivity index (χ3n) is 2.61. The van der Waals surface area contributed by atoms with Crippen molar-refractivity contribution in [3.8, 4) is 0 Å². The molecule has 1 unspecified atom stereocenters. The summed E-state index contributed by atoms with van der Waals surface area (Å²) in [6.45, 7) is -0.268. The Balaban J connectivity index is 0.00000112. The van der Waals surface area contributed by atoms with Gasteiger partial charge in [-0.15, -0.1) is 12.4 Å².